The average Bonchev–Trinajstić information content (AvgIpc) is 3.04. The van der Waals surface area contributed by atoms with Crippen molar-refractivity contribution < 1.29 is 14.3 Å². The van der Waals surface area contributed by atoms with Crippen molar-refractivity contribution in [1.29, 1.82) is 0 Å². The molecule has 1 saturated heterocycles. The quantitative estimate of drug-likeness (QED) is 0.808. The van der Waals surface area contributed by atoms with E-state index in [0.717, 1.165) is 38.2 Å². The second kappa shape index (κ2) is 7.83. The molecule has 4 rings (SSSR count). The molecule has 1 aromatic rings. The van der Waals surface area contributed by atoms with Gasteiger partial charge in [-0.1, -0.05) is 6.42 Å². The molecule has 1 aliphatic carbocycles. The van der Waals surface area contributed by atoms with E-state index >= 15 is 0 Å². The number of rotatable bonds is 5. The highest BCUT2D eigenvalue weighted by molar-refractivity contribution is 5.92. The van der Waals surface area contributed by atoms with E-state index in [2.05, 4.69) is 15.3 Å². The Bertz CT molecular complexity index is 732. The molecule has 0 bridgehead atoms. The molecule has 8 nitrogen and oxygen atoms in total. The standard InChI is InChI=1S/C20H31N5O3/c1-23(2)19(27)17-10-16-13-28-20(14-25(16)22-17)6-8-24(9-7-20)12-18(26)21-11-15-4-3-5-15/h10,15H,3-9,11-14H2,1-2H3,(H,21,26). The molecule has 1 aromatic heterocycles. The van der Waals surface area contributed by atoms with E-state index in [-0.39, 0.29) is 17.4 Å². The van der Waals surface area contributed by atoms with Gasteiger partial charge in [-0.05, 0) is 37.7 Å². The lowest BCUT2D eigenvalue weighted by Crippen LogP contribution is -2.52. The fourth-order valence-electron chi connectivity index (χ4n) is 4.22. The van der Waals surface area contributed by atoms with Crippen LogP contribution in [0.5, 0.6) is 0 Å². The van der Waals surface area contributed by atoms with Gasteiger partial charge in [0.25, 0.3) is 5.91 Å². The maximum atomic E-state index is 12.2. The normalized spacial score (nSPS) is 21.8. The minimum atomic E-state index is -0.240. The number of aromatic nitrogens is 2. The Kier molecular flexibility index (Phi) is 5.42. The van der Waals surface area contributed by atoms with Gasteiger partial charge >= 0.3 is 0 Å². The zero-order valence-electron chi connectivity index (χ0n) is 16.9. The van der Waals surface area contributed by atoms with Gasteiger partial charge in [0, 0.05) is 33.7 Å². The molecule has 2 amide bonds. The van der Waals surface area contributed by atoms with Crippen molar-refractivity contribution in [2.75, 3.05) is 40.3 Å². The van der Waals surface area contributed by atoms with Crippen molar-refractivity contribution in [2.24, 2.45) is 5.92 Å². The number of nitrogens with one attached hydrogen (secondary N) is 1. The molecule has 0 radical (unpaired) electrons. The Labute approximate surface area is 166 Å². The summed E-state index contributed by atoms with van der Waals surface area (Å²) in [6.45, 7) is 4.14. The number of hydrogen-bond donors (Lipinski definition) is 1. The van der Waals surface area contributed by atoms with Gasteiger partial charge in [-0.15, -0.1) is 0 Å². The number of carbonyl (C=O) groups excluding carboxylic acids is 2. The first-order valence-electron chi connectivity index (χ1n) is 10.4. The zero-order valence-corrected chi connectivity index (χ0v) is 16.9. The highest BCUT2D eigenvalue weighted by atomic mass is 16.5. The number of fused-ring (bicyclic) bond motifs is 1. The predicted octanol–water partition coefficient (Wildman–Crippen LogP) is 0.866. The van der Waals surface area contributed by atoms with Crippen LogP contribution in [0.15, 0.2) is 6.07 Å². The first-order chi connectivity index (χ1) is 13.4. The van der Waals surface area contributed by atoms with Crippen LogP contribution in [0.2, 0.25) is 0 Å². The van der Waals surface area contributed by atoms with Crippen molar-refractivity contribution in [3.8, 4) is 0 Å². The fraction of sp³-hybridized carbons (Fsp3) is 0.750. The number of amides is 2. The summed E-state index contributed by atoms with van der Waals surface area (Å²) in [6, 6.07) is 1.83. The van der Waals surface area contributed by atoms with E-state index in [4.69, 9.17) is 4.74 Å². The van der Waals surface area contributed by atoms with Crippen LogP contribution in [0.3, 0.4) is 0 Å². The number of ether oxygens (including phenoxy) is 1. The topological polar surface area (TPSA) is 79.7 Å². The fourth-order valence-corrected chi connectivity index (χ4v) is 4.22. The monoisotopic (exact) mass is 389 g/mol. The second-order valence-electron chi connectivity index (χ2n) is 8.73. The van der Waals surface area contributed by atoms with E-state index in [1.807, 2.05) is 10.7 Å². The molecular formula is C20H31N5O3. The Morgan fingerprint density at radius 1 is 1.32 bits per heavy atom. The average molecular weight is 390 g/mol. The van der Waals surface area contributed by atoms with Gasteiger partial charge in [0.05, 0.1) is 31.0 Å². The van der Waals surface area contributed by atoms with Gasteiger partial charge < -0.3 is 15.0 Å². The van der Waals surface area contributed by atoms with Gasteiger partial charge in [0.15, 0.2) is 5.69 Å². The van der Waals surface area contributed by atoms with Crippen LogP contribution >= 0.6 is 0 Å². The molecule has 1 spiro atoms. The van der Waals surface area contributed by atoms with Crippen LogP contribution < -0.4 is 5.32 Å². The minimum absolute atomic E-state index is 0.0846. The van der Waals surface area contributed by atoms with Gasteiger partial charge in [-0.2, -0.15) is 5.10 Å². The molecule has 1 saturated carbocycles. The third-order valence-electron chi connectivity index (χ3n) is 6.40. The molecule has 2 aliphatic heterocycles. The second-order valence-corrected chi connectivity index (χ2v) is 8.73. The summed E-state index contributed by atoms with van der Waals surface area (Å²) in [6.07, 6.45) is 5.55. The van der Waals surface area contributed by atoms with Crippen molar-refractivity contribution in [3.63, 3.8) is 0 Å². The van der Waals surface area contributed by atoms with Crippen LogP contribution in [0.25, 0.3) is 0 Å². The van der Waals surface area contributed by atoms with Crippen LogP contribution in [0, 0.1) is 5.92 Å². The molecule has 0 atom stereocenters. The molecule has 2 fully saturated rings. The Balaban J connectivity index is 1.28. The lowest BCUT2D eigenvalue weighted by atomic mass is 9.85. The van der Waals surface area contributed by atoms with Crippen molar-refractivity contribution in [3.05, 3.63) is 17.5 Å². The maximum absolute atomic E-state index is 12.2. The van der Waals surface area contributed by atoms with Gasteiger partial charge in [0.1, 0.15) is 0 Å². The van der Waals surface area contributed by atoms with Gasteiger partial charge in [0.2, 0.25) is 5.91 Å². The van der Waals surface area contributed by atoms with Crippen LogP contribution in [-0.4, -0.2) is 77.3 Å². The lowest BCUT2D eigenvalue weighted by molar-refractivity contribution is -0.132. The Morgan fingerprint density at radius 3 is 2.71 bits per heavy atom. The van der Waals surface area contributed by atoms with Crippen LogP contribution in [0.1, 0.15) is 48.3 Å². The number of hydrogen-bond acceptors (Lipinski definition) is 5. The summed E-state index contributed by atoms with van der Waals surface area (Å²) in [5.41, 5.74) is 1.19. The van der Waals surface area contributed by atoms with Crippen molar-refractivity contribution in [2.45, 2.75) is 50.9 Å². The van der Waals surface area contributed by atoms with E-state index in [0.29, 0.717) is 31.3 Å². The number of piperidine rings is 1. The molecule has 3 heterocycles. The molecule has 1 N–H and O–H groups in total. The summed E-state index contributed by atoms with van der Waals surface area (Å²) in [7, 11) is 3.47. The Morgan fingerprint density at radius 2 is 2.07 bits per heavy atom. The SMILES string of the molecule is CN(C)C(=O)c1cc2n(n1)CC1(CCN(CC(=O)NCC3CCC3)CC1)OC2. The summed E-state index contributed by atoms with van der Waals surface area (Å²) in [4.78, 5) is 28.1. The van der Waals surface area contributed by atoms with Crippen molar-refractivity contribution in [1.82, 2.24) is 24.9 Å². The van der Waals surface area contributed by atoms with Crippen LogP contribution in [0.4, 0.5) is 0 Å². The summed E-state index contributed by atoms with van der Waals surface area (Å²) >= 11 is 0. The van der Waals surface area contributed by atoms with E-state index < -0.39 is 0 Å². The summed E-state index contributed by atoms with van der Waals surface area (Å²) in [5, 5.41) is 7.59. The minimum Gasteiger partial charge on any atom is -0.367 e. The summed E-state index contributed by atoms with van der Waals surface area (Å²) in [5.74, 6) is 0.740. The number of nitrogens with zero attached hydrogens (tertiary/aromatic N) is 4. The third-order valence-corrected chi connectivity index (χ3v) is 6.40. The molecule has 0 aromatic carbocycles. The molecule has 154 valence electrons. The molecule has 8 heteroatoms. The summed E-state index contributed by atoms with van der Waals surface area (Å²) < 4.78 is 8.16. The molecule has 28 heavy (non-hydrogen) atoms. The number of likely N-dealkylation sites (tertiary alicyclic amines) is 1. The first-order valence-corrected chi connectivity index (χ1v) is 10.4. The molecule has 3 aliphatic rings. The smallest absolute Gasteiger partial charge is 0.273 e. The van der Waals surface area contributed by atoms with Gasteiger partial charge in [-0.25, -0.2) is 0 Å². The predicted molar refractivity (Wildman–Crippen MR) is 104 cm³/mol. The van der Waals surface area contributed by atoms with E-state index in [1.165, 1.54) is 19.3 Å². The maximum Gasteiger partial charge on any atom is 0.273 e. The zero-order chi connectivity index (χ0) is 19.7. The molecule has 0 unspecified atom stereocenters. The Hall–Kier alpha value is -1.93. The van der Waals surface area contributed by atoms with Gasteiger partial charge in [-0.3, -0.25) is 19.2 Å². The first kappa shape index (κ1) is 19.4. The van der Waals surface area contributed by atoms with E-state index in [9.17, 15) is 9.59 Å². The third kappa shape index (κ3) is 4.07. The molecular weight excluding hydrogens is 358 g/mol. The van der Waals surface area contributed by atoms with Crippen LogP contribution in [-0.2, 0) is 22.7 Å². The lowest BCUT2D eigenvalue weighted by Gasteiger charge is -2.43. The highest BCUT2D eigenvalue weighted by Crippen LogP contribution is 2.33. The highest BCUT2D eigenvalue weighted by Gasteiger charge is 2.40. The largest absolute Gasteiger partial charge is 0.367 e. The van der Waals surface area contributed by atoms with Crippen molar-refractivity contribution >= 4 is 11.8 Å². The van der Waals surface area contributed by atoms with E-state index in [1.54, 1.807) is 19.0 Å². The number of carbonyl (C=O) groups is 2.